The SMILES string of the molecule is Cc1nn(C)c(NN)c1COCCC(C)C. The molecule has 0 saturated carbocycles. The standard InChI is InChI=1S/C11H22N4O/c1-8(2)5-6-16-7-10-9(3)14-15(4)11(10)13-12/h8,13H,5-7,12H2,1-4H3. The van der Waals surface area contributed by atoms with Crippen molar-refractivity contribution in [3.05, 3.63) is 11.3 Å². The van der Waals surface area contributed by atoms with Crippen molar-refractivity contribution in [2.24, 2.45) is 18.8 Å². The third kappa shape index (κ3) is 3.21. The van der Waals surface area contributed by atoms with Gasteiger partial charge in [-0.1, -0.05) is 13.8 Å². The van der Waals surface area contributed by atoms with Crippen LogP contribution < -0.4 is 11.3 Å². The molecular weight excluding hydrogens is 204 g/mol. The molecule has 16 heavy (non-hydrogen) atoms. The highest BCUT2D eigenvalue weighted by molar-refractivity contribution is 5.45. The second-order valence-corrected chi connectivity index (χ2v) is 4.42. The van der Waals surface area contributed by atoms with Crippen LogP contribution in [0.1, 0.15) is 31.5 Å². The van der Waals surface area contributed by atoms with Crippen LogP contribution in [0.3, 0.4) is 0 Å². The van der Waals surface area contributed by atoms with Gasteiger partial charge < -0.3 is 10.2 Å². The van der Waals surface area contributed by atoms with Crippen molar-refractivity contribution >= 4 is 5.82 Å². The molecule has 5 heteroatoms. The Morgan fingerprint density at radius 2 is 2.19 bits per heavy atom. The van der Waals surface area contributed by atoms with Crippen molar-refractivity contribution in [1.29, 1.82) is 0 Å². The summed E-state index contributed by atoms with van der Waals surface area (Å²) >= 11 is 0. The van der Waals surface area contributed by atoms with Gasteiger partial charge in [0.25, 0.3) is 0 Å². The fourth-order valence-electron chi connectivity index (χ4n) is 1.55. The van der Waals surface area contributed by atoms with Gasteiger partial charge in [0.05, 0.1) is 12.3 Å². The van der Waals surface area contributed by atoms with Crippen LogP contribution in [-0.2, 0) is 18.4 Å². The van der Waals surface area contributed by atoms with Crippen LogP contribution in [0.4, 0.5) is 5.82 Å². The summed E-state index contributed by atoms with van der Waals surface area (Å²) in [6, 6.07) is 0. The Hall–Kier alpha value is -1.07. The van der Waals surface area contributed by atoms with Gasteiger partial charge in [-0.25, -0.2) is 5.84 Å². The Balaban J connectivity index is 2.53. The maximum atomic E-state index is 5.62. The van der Waals surface area contributed by atoms with Crippen LogP contribution in [0.25, 0.3) is 0 Å². The summed E-state index contributed by atoms with van der Waals surface area (Å²) < 4.78 is 7.35. The Morgan fingerprint density at radius 1 is 1.50 bits per heavy atom. The van der Waals surface area contributed by atoms with E-state index in [2.05, 4.69) is 24.4 Å². The van der Waals surface area contributed by atoms with Crippen molar-refractivity contribution < 1.29 is 4.74 Å². The van der Waals surface area contributed by atoms with Crippen LogP contribution in [0.5, 0.6) is 0 Å². The molecule has 0 spiro atoms. The molecule has 0 fully saturated rings. The number of rotatable bonds is 6. The van der Waals surface area contributed by atoms with Crippen LogP contribution in [-0.4, -0.2) is 16.4 Å². The largest absolute Gasteiger partial charge is 0.377 e. The molecule has 3 N–H and O–H groups in total. The van der Waals surface area contributed by atoms with Crippen LogP contribution >= 0.6 is 0 Å². The van der Waals surface area contributed by atoms with Gasteiger partial charge in [0, 0.05) is 19.2 Å². The molecule has 5 nitrogen and oxygen atoms in total. The van der Waals surface area contributed by atoms with E-state index in [1.807, 2.05) is 14.0 Å². The fraction of sp³-hybridized carbons (Fsp3) is 0.727. The number of hydrogen-bond acceptors (Lipinski definition) is 4. The first kappa shape index (κ1) is 13.0. The first-order valence-corrected chi connectivity index (χ1v) is 5.63. The number of hydrazine groups is 1. The van der Waals surface area contributed by atoms with E-state index in [4.69, 9.17) is 10.6 Å². The Labute approximate surface area is 96.9 Å². The van der Waals surface area contributed by atoms with E-state index in [-0.39, 0.29) is 0 Å². The van der Waals surface area contributed by atoms with Crippen molar-refractivity contribution in [2.75, 3.05) is 12.0 Å². The van der Waals surface area contributed by atoms with E-state index < -0.39 is 0 Å². The van der Waals surface area contributed by atoms with Gasteiger partial charge in [-0.15, -0.1) is 0 Å². The zero-order chi connectivity index (χ0) is 12.1. The van der Waals surface area contributed by atoms with Crippen LogP contribution in [0.2, 0.25) is 0 Å². The number of ether oxygens (including phenoxy) is 1. The molecule has 1 aromatic rings. The van der Waals surface area contributed by atoms with Gasteiger partial charge in [0.2, 0.25) is 0 Å². The Bertz CT molecular complexity index is 333. The molecule has 0 aliphatic rings. The van der Waals surface area contributed by atoms with Gasteiger partial charge in [0.1, 0.15) is 5.82 Å². The lowest BCUT2D eigenvalue weighted by atomic mass is 10.1. The average molecular weight is 226 g/mol. The minimum absolute atomic E-state index is 0.561. The number of anilines is 1. The van der Waals surface area contributed by atoms with E-state index >= 15 is 0 Å². The fourth-order valence-corrected chi connectivity index (χ4v) is 1.55. The van der Waals surface area contributed by atoms with Crippen molar-refractivity contribution in [2.45, 2.75) is 33.8 Å². The molecule has 92 valence electrons. The van der Waals surface area contributed by atoms with E-state index in [0.717, 1.165) is 30.1 Å². The van der Waals surface area contributed by atoms with Crippen molar-refractivity contribution in [3.63, 3.8) is 0 Å². The topological polar surface area (TPSA) is 65.1 Å². The van der Waals surface area contributed by atoms with Gasteiger partial charge in [-0.05, 0) is 19.3 Å². The maximum Gasteiger partial charge on any atom is 0.143 e. The number of nitrogen functional groups attached to an aromatic ring is 1. The zero-order valence-corrected chi connectivity index (χ0v) is 10.6. The lowest BCUT2D eigenvalue weighted by Gasteiger charge is -2.08. The number of aromatic nitrogens is 2. The summed E-state index contributed by atoms with van der Waals surface area (Å²) in [5.41, 5.74) is 4.65. The molecule has 0 radical (unpaired) electrons. The smallest absolute Gasteiger partial charge is 0.143 e. The summed E-state index contributed by atoms with van der Waals surface area (Å²) in [6.07, 6.45) is 1.07. The van der Waals surface area contributed by atoms with E-state index in [1.54, 1.807) is 4.68 Å². The number of nitrogens with one attached hydrogen (secondary N) is 1. The molecule has 0 unspecified atom stereocenters. The molecule has 1 heterocycles. The number of nitrogens with two attached hydrogens (primary N) is 1. The minimum Gasteiger partial charge on any atom is -0.377 e. The number of aryl methyl sites for hydroxylation is 2. The molecule has 1 aromatic heterocycles. The first-order chi connectivity index (χ1) is 7.56. The van der Waals surface area contributed by atoms with Gasteiger partial charge in [-0.2, -0.15) is 5.10 Å². The predicted molar refractivity (Wildman–Crippen MR) is 64.9 cm³/mol. The molecule has 1 rings (SSSR count). The Morgan fingerprint density at radius 3 is 2.75 bits per heavy atom. The van der Waals surface area contributed by atoms with Gasteiger partial charge in [0.15, 0.2) is 0 Å². The molecule has 0 atom stereocenters. The third-order valence-electron chi connectivity index (χ3n) is 2.57. The highest BCUT2D eigenvalue weighted by atomic mass is 16.5. The van der Waals surface area contributed by atoms with E-state index in [1.165, 1.54) is 0 Å². The summed E-state index contributed by atoms with van der Waals surface area (Å²) in [5.74, 6) is 6.94. The van der Waals surface area contributed by atoms with Crippen molar-refractivity contribution in [1.82, 2.24) is 9.78 Å². The highest BCUT2D eigenvalue weighted by Gasteiger charge is 2.11. The number of nitrogens with zero attached hydrogens (tertiary/aromatic N) is 2. The lowest BCUT2D eigenvalue weighted by molar-refractivity contribution is 0.110. The Kier molecular flexibility index (Phi) is 4.76. The number of hydrogen-bond donors (Lipinski definition) is 2. The molecule has 0 saturated heterocycles. The second-order valence-electron chi connectivity index (χ2n) is 4.42. The second kappa shape index (κ2) is 5.86. The quantitative estimate of drug-likeness (QED) is 0.439. The summed E-state index contributed by atoms with van der Waals surface area (Å²) in [6.45, 7) is 7.67. The van der Waals surface area contributed by atoms with Gasteiger partial charge in [-0.3, -0.25) is 4.68 Å². The van der Waals surface area contributed by atoms with E-state index in [0.29, 0.717) is 12.5 Å². The summed E-state index contributed by atoms with van der Waals surface area (Å²) in [5, 5.41) is 4.29. The molecular formula is C11H22N4O. The molecule has 0 aliphatic heterocycles. The monoisotopic (exact) mass is 226 g/mol. The van der Waals surface area contributed by atoms with Crippen LogP contribution in [0.15, 0.2) is 0 Å². The van der Waals surface area contributed by atoms with Crippen LogP contribution in [0, 0.1) is 12.8 Å². The molecule has 0 aromatic carbocycles. The maximum absolute atomic E-state index is 5.62. The van der Waals surface area contributed by atoms with E-state index in [9.17, 15) is 0 Å². The normalized spacial score (nSPS) is 11.1. The summed E-state index contributed by atoms with van der Waals surface area (Å²) in [4.78, 5) is 0. The lowest BCUT2D eigenvalue weighted by Crippen LogP contribution is -2.13. The van der Waals surface area contributed by atoms with Crippen molar-refractivity contribution in [3.8, 4) is 0 Å². The zero-order valence-electron chi connectivity index (χ0n) is 10.6. The first-order valence-electron chi connectivity index (χ1n) is 5.63. The predicted octanol–water partition coefficient (Wildman–Crippen LogP) is 1.58. The highest BCUT2D eigenvalue weighted by Crippen LogP contribution is 2.18. The third-order valence-corrected chi connectivity index (χ3v) is 2.57. The molecule has 0 amide bonds. The minimum atomic E-state index is 0.561. The molecule has 0 bridgehead atoms. The molecule has 0 aliphatic carbocycles. The average Bonchev–Trinajstić information content (AvgIpc) is 2.47. The van der Waals surface area contributed by atoms with Gasteiger partial charge >= 0.3 is 0 Å². The summed E-state index contributed by atoms with van der Waals surface area (Å²) in [7, 11) is 1.86.